The number of halogens is 1. The van der Waals surface area contributed by atoms with Crippen molar-refractivity contribution in [3.8, 4) is 16.9 Å². The van der Waals surface area contributed by atoms with Gasteiger partial charge in [-0.15, -0.1) is 0 Å². The standard InChI is InChI=1S/C18H20FN2O2/c1-3-5-6-7-17-20-11-14(12-21-17)13-8-9-16(15(19)10-13)23-18(22)4-2/h8-9,11-12H,3-7H2,1-2H3. The van der Waals surface area contributed by atoms with Gasteiger partial charge in [0, 0.05) is 36.9 Å². The highest BCUT2D eigenvalue weighted by Gasteiger charge is 2.10. The number of hydrogen-bond donors (Lipinski definition) is 0. The average Bonchev–Trinajstić information content (AvgIpc) is 2.57. The molecule has 1 radical (unpaired) electrons. The molecule has 2 rings (SSSR count). The molecule has 0 aliphatic heterocycles. The van der Waals surface area contributed by atoms with Crippen LogP contribution in [0.5, 0.6) is 5.75 Å². The molecule has 0 bridgehead atoms. The van der Waals surface area contributed by atoms with E-state index in [2.05, 4.69) is 23.0 Å². The van der Waals surface area contributed by atoms with Crippen molar-refractivity contribution in [3.05, 3.63) is 42.2 Å². The molecule has 1 aromatic carbocycles. The molecule has 1 heterocycles. The second-order valence-corrected chi connectivity index (χ2v) is 5.22. The SMILES string of the molecule is CCCCCc1ncc(-c2[c]c(F)c(OC(=O)CC)cc2)cn1. The number of aryl methyl sites for hydroxylation is 1. The van der Waals surface area contributed by atoms with E-state index in [9.17, 15) is 9.18 Å². The molecule has 0 aliphatic rings. The Kier molecular flexibility index (Phi) is 6.20. The van der Waals surface area contributed by atoms with Crippen LogP contribution in [0.2, 0.25) is 0 Å². The van der Waals surface area contributed by atoms with Gasteiger partial charge < -0.3 is 4.74 Å². The zero-order valence-electron chi connectivity index (χ0n) is 13.4. The highest BCUT2D eigenvalue weighted by Crippen LogP contribution is 2.24. The monoisotopic (exact) mass is 315 g/mol. The van der Waals surface area contributed by atoms with E-state index in [1.54, 1.807) is 25.4 Å². The number of ether oxygens (including phenoxy) is 1. The summed E-state index contributed by atoms with van der Waals surface area (Å²) in [7, 11) is 0. The van der Waals surface area contributed by atoms with Crippen molar-refractivity contribution in [3.63, 3.8) is 0 Å². The Labute approximate surface area is 135 Å². The molecule has 0 aliphatic carbocycles. The third-order valence-electron chi connectivity index (χ3n) is 3.39. The number of benzene rings is 1. The first-order valence-electron chi connectivity index (χ1n) is 7.87. The fraction of sp³-hybridized carbons (Fsp3) is 0.389. The molecule has 0 spiro atoms. The minimum atomic E-state index is -0.698. The number of nitrogens with zero attached hydrogens (tertiary/aromatic N) is 2. The van der Waals surface area contributed by atoms with Gasteiger partial charge in [-0.05, 0) is 24.1 Å². The second kappa shape index (κ2) is 8.36. The lowest BCUT2D eigenvalue weighted by atomic mass is 10.1. The van der Waals surface area contributed by atoms with Crippen LogP contribution < -0.4 is 4.74 Å². The number of hydrogen-bond acceptors (Lipinski definition) is 4. The van der Waals surface area contributed by atoms with Crippen molar-refractivity contribution in [1.29, 1.82) is 0 Å². The van der Waals surface area contributed by atoms with Crippen LogP contribution in [0.1, 0.15) is 45.4 Å². The van der Waals surface area contributed by atoms with E-state index in [1.807, 2.05) is 0 Å². The first-order valence-corrected chi connectivity index (χ1v) is 7.87. The molecule has 0 amide bonds. The van der Waals surface area contributed by atoms with E-state index in [0.717, 1.165) is 31.5 Å². The van der Waals surface area contributed by atoms with Gasteiger partial charge in [0.2, 0.25) is 0 Å². The van der Waals surface area contributed by atoms with E-state index in [0.29, 0.717) is 11.1 Å². The molecule has 2 aromatic rings. The van der Waals surface area contributed by atoms with Gasteiger partial charge in [0.15, 0.2) is 11.6 Å². The van der Waals surface area contributed by atoms with E-state index < -0.39 is 11.8 Å². The molecule has 0 unspecified atom stereocenters. The second-order valence-electron chi connectivity index (χ2n) is 5.22. The quantitative estimate of drug-likeness (QED) is 0.438. The maximum absolute atomic E-state index is 13.9. The summed E-state index contributed by atoms with van der Waals surface area (Å²) in [6, 6.07) is 5.63. The lowest BCUT2D eigenvalue weighted by Crippen LogP contribution is -2.06. The van der Waals surface area contributed by atoms with E-state index in [4.69, 9.17) is 4.74 Å². The van der Waals surface area contributed by atoms with Crippen LogP contribution in [0.3, 0.4) is 0 Å². The van der Waals surface area contributed by atoms with Crippen LogP contribution in [0.15, 0.2) is 24.5 Å². The molecular weight excluding hydrogens is 295 g/mol. The molecule has 121 valence electrons. The van der Waals surface area contributed by atoms with Crippen molar-refractivity contribution in [1.82, 2.24) is 9.97 Å². The highest BCUT2D eigenvalue weighted by molar-refractivity contribution is 5.72. The summed E-state index contributed by atoms with van der Waals surface area (Å²) < 4.78 is 18.8. The molecule has 5 heteroatoms. The lowest BCUT2D eigenvalue weighted by Gasteiger charge is -2.06. The Bertz CT molecular complexity index is 657. The smallest absolute Gasteiger partial charge is 0.310 e. The van der Waals surface area contributed by atoms with Crippen LogP contribution in [0, 0.1) is 11.9 Å². The number of carbonyl (C=O) groups excluding carboxylic acids is 1. The van der Waals surface area contributed by atoms with Crippen LogP contribution in [-0.4, -0.2) is 15.9 Å². The molecule has 0 saturated carbocycles. The predicted octanol–water partition coefficient (Wildman–Crippen LogP) is 4.13. The molecule has 0 fully saturated rings. The van der Waals surface area contributed by atoms with Gasteiger partial charge in [-0.3, -0.25) is 4.79 Å². The van der Waals surface area contributed by atoms with Crippen molar-refractivity contribution >= 4 is 5.97 Å². The Balaban J connectivity index is 2.09. The largest absolute Gasteiger partial charge is 0.423 e. The Hall–Kier alpha value is -2.30. The average molecular weight is 315 g/mol. The summed E-state index contributed by atoms with van der Waals surface area (Å²) >= 11 is 0. The molecule has 0 atom stereocenters. The van der Waals surface area contributed by atoms with Crippen molar-refractivity contribution < 1.29 is 13.9 Å². The number of aromatic nitrogens is 2. The molecular formula is C18H20FN2O2. The summed E-state index contributed by atoms with van der Waals surface area (Å²) in [5, 5.41) is 0. The van der Waals surface area contributed by atoms with Gasteiger partial charge in [0.05, 0.1) is 0 Å². The molecule has 0 saturated heterocycles. The molecule has 0 N–H and O–H groups in total. The maximum atomic E-state index is 13.9. The summed E-state index contributed by atoms with van der Waals surface area (Å²) in [4.78, 5) is 19.8. The Morgan fingerprint density at radius 1 is 1.22 bits per heavy atom. The minimum absolute atomic E-state index is 0.113. The van der Waals surface area contributed by atoms with Gasteiger partial charge in [0.25, 0.3) is 0 Å². The van der Waals surface area contributed by atoms with Gasteiger partial charge in [-0.1, -0.05) is 26.7 Å². The summed E-state index contributed by atoms with van der Waals surface area (Å²) in [6.07, 6.45) is 7.73. The highest BCUT2D eigenvalue weighted by atomic mass is 19.1. The Morgan fingerprint density at radius 2 is 1.96 bits per heavy atom. The number of rotatable bonds is 7. The van der Waals surface area contributed by atoms with Crippen LogP contribution in [0.25, 0.3) is 11.1 Å². The summed E-state index contributed by atoms with van der Waals surface area (Å²) in [5.74, 6) is -0.505. The normalized spacial score (nSPS) is 10.6. The van der Waals surface area contributed by atoms with E-state index >= 15 is 0 Å². The fourth-order valence-electron chi connectivity index (χ4n) is 2.05. The van der Waals surface area contributed by atoms with Gasteiger partial charge in [-0.25, -0.2) is 14.4 Å². The topological polar surface area (TPSA) is 52.1 Å². The summed E-state index contributed by atoms with van der Waals surface area (Å²) in [5.41, 5.74) is 1.20. The van der Waals surface area contributed by atoms with Crippen LogP contribution >= 0.6 is 0 Å². The van der Waals surface area contributed by atoms with Crippen molar-refractivity contribution in [2.45, 2.75) is 46.0 Å². The zero-order valence-corrected chi connectivity index (χ0v) is 13.4. The minimum Gasteiger partial charge on any atom is -0.423 e. The van der Waals surface area contributed by atoms with E-state index in [-0.39, 0.29) is 12.2 Å². The zero-order chi connectivity index (χ0) is 16.7. The van der Waals surface area contributed by atoms with Crippen molar-refractivity contribution in [2.75, 3.05) is 0 Å². The number of esters is 1. The number of carbonyl (C=O) groups is 1. The fourth-order valence-corrected chi connectivity index (χ4v) is 2.05. The molecule has 1 aromatic heterocycles. The van der Waals surface area contributed by atoms with E-state index in [1.165, 1.54) is 6.07 Å². The molecule has 23 heavy (non-hydrogen) atoms. The Morgan fingerprint density at radius 3 is 2.57 bits per heavy atom. The lowest BCUT2D eigenvalue weighted by molar-refractivity contribution is -0.134. The molecule has 4 nitrogen and oxygen atoms in total. The van der Waals surface area contributed by atoms with Gasteiger partial charge in [0.1, 0.15) is 5.82 Å². The van der Waals surface area contributed by atoms with Crippen molar-refractivity contribution in [2.24, 2.45) is 0 Å². The van der Waals surface area contributed by atoms with Crippen LogP contribution in [-0.2, 0) is 11.2 Å². The predicted molar refractivity (Wildman–Crippen MR) is 85.4 cm³/mol. The first-order chi connectivity index (χ1) is 11.1. The van der Waals surface area contributed by atoms with Gasteiger partial charge in [-0.2, -0.15) is 0 Å². The first kappa shape index (κ1) is 17.1. The third-order valence-corrected chi connectivity index (χ3v) is 3.39. The van der Waals surface area contributed by atoms with Gasteiger partial charge >= 0.3 is 5.97 Å². The van der Waals surface area contributed by atoms with Crippen LogP contribution in [0.4, 0.5) is 4.39 Å². The number of unbranched alkanes of at least 4 members (excludes halogenated alkanes) is 2. The summed E-state index contributed by atoms with van der Waals surface area (Å²) in [6.45, 7) is 3.80. The third kappa shape index (κ3) is 4.84. The maximum Gasteiger partial charge on any atom is 0.310 e.